The molecular formula is C18H23FN4O2S. The minimum atomic E-state index is -0.425. The Hall–Kier alpha value is -2.09. The van der Waals surface area contributed by atoms with E-state index in [0.29, 0.717) is 6.54 Å². The normalized spacial score (nSPS) is 13.8. The largest absolute Gasteiger partial charge is 0.494 e. The molecule has 1 amide bonds. The van der Waals surface area contributed by atoms with Gasteiger partial charge in [0.25, 0.3) is 0 Å². The minimum Gasteiger partial charge on any atom is -0.494 e. The lowest BCUT2D eigenvalue weighted by Crippen LogP contribution is -2.28. The Kier molecular flexibility index (Phi) is 6.13. The number of fused-ring (bicyclic) bond motifs is 1. The molecule has 140 valence electrons. The lowest BCUT2D eigenvalue weighted by Gasteiger charge is -2.17. The van der Waals surface area contributed by atoms with Gasteiger partial charge in [0.05, 0.1) is 12.9 Å². The third-order valence-electron chi connectivity index (χ3n) is 4.46. The predicted molar refractivity (Wildman–Crippen MR) is 97.7 cm³/mol. The number of halogens is 1. The van der Waals surface area contributed by atoms with Gasteiger partial charge in [0, 0.05) is 26.6 Å². The first-order chi connectivity index (χ1) is 12.6. The van der Waals surface area contributed by atoms with Gasteiger partial charge < -0.3 is 14.2 Å². The third kappa shape index (κ3) is 4.35. The summed E-state index contributed by atoms with van der Waals surface area (Å²) in [5.74, 6) is 1.04. The van der Waals surface area contributed by atoms with Gasteiger partial charge in [-0.05, 0) is 30.5 Å². The van der Waals surface area contributed by atoms with Crippen LogP contribution in [0.25, 0.3) is 0 Å². The highest BCUT2D eigenvalue weighted by atomic mass is 32.2. The molecule has 0 fully saturated rings. The van der Waals surface area contributed by atoms with E-state index in [9.17, 15) is 9.18 Å². The summed E-state index contributed by atoms with van der Waals surface area (Å²) in [6.07, 6.45) is 4.41. The molecule has 8 heteroatoms. The van der Waals surface area contributed by atoms with Crippen molar-refractivity contribution in [2.45, 2.75) is 43.9 Å². The summed E-state index contributed by atoms with van der Waals surface area (Å²) in [5, 5.41) is 9.28. The summed E-state index contributed by atoms with van der Waals surface area (Å²) in [4.78, 5) is 14.0. The van der Waals surface area contributed by atoms with E-state index in [1.165, 1.54) is 31.4 Å². The van der Waals surface area contributed by atoms with Gasteiger partial charge >= 0.3 is 0 Å². The second kappa shape index (κ2) is 8.53. The number of ether oxygens (including phenoxy) is 1. The smallest absolute Gasteiger partial charge is 0.233 e. The van der Waals surface area contributed by atoms with Crippen LogP contribution in [0.1, 0.15) is 30.7 Å². The molecule has 3 rings (SSSR count). The molecule has 0 N–H and O–H groups in total. The minimum absolute atomic E-state index is 0.0304. The molecule has 1 aliphatic rings. The first kappa shape index (κ1) is 18.7. The van der Waals surface area contributed by atoms with Crippen molar-refractivity contribution in [3.8, 4) is 5.75 Å². The van der Waals surface area contributed by atoms with Crippen LogP contribution in [0.2, 0.25) is 0 Å². The van der Waals surface area contributed by atoms with Crippen molar-refractivity contribution < 1.29 is 13.9 Å². The number of methoxy groups -OCH3 is 1. The van der Waals surface area contributed by atoms with Crippen molar-refractivity contribution in [3.63, 3.8) is 0 Å². The van der Waals surface area contributed by atoms with Gasteiger partial charge in [-0.3, -0.25) is 4.79 Å². The fourth-order valence-corrected chi connectivity index (χ4v) is 3.90. The number of aryl methyl sites for hydroxylation is 1. The van der Waals surface area contributed by atoms with Gasteiger partial charge in [-0.15, -0.1) is 10.2 Å². The van der Waals surface area contributed by atoms with E-state index >= 15 is 0 Å². The number of hydrogen-bond donors (Lipinski definition) is 0. The average molecular weight is 378 g/mol. The van der Waals surface area contributed by atoms with Crippen molar-refractivity contribution in [2.24, 2.45) is 0 Å². The zero-order chi connectivity index (χ0) is 18.5. The van der Waals surface area contributed by atoms with Gasteiger partial charge in [0.2, 0.25) is 5.91 Å². The molecule has 1 aromatic heterocycles. The molecule has 0 saturated carbocycles. The van der Waals surface area contributed by atoms with Crippen molar-refractivity contribution in [1.82, 2.24) is 19.7 Å². The highest BCUT2D eigenvalue weighted by Gasteiger charge is 2.17. The van der Waals surface area contributed by atoms with E-state index in [0.717, 1.165) is 42.4 Å². The SMILES string of the molecule is COc1ccc(CN(C)C(=O)CSc2nnc3n2CCCCC3)cc1F. The topological polar surface area (TPSA) is 60.2 Å². The molecule has 0 bridgehead atoms. The van der Waals surface area contributed by atoms with Crippen LogP contribution in [-0.2, 0) is 24.3 Å². The van der Waals surface area contributed by atoms with Gasteiger partial charge in [-0.25, -0.2) is 4.39 Å². The number of nitrogens with zero attached hydrogens (tertiary/aromatic N) is 4. The van der Waals surface area contributed by atoms with Crippen LogP contribution in [0.3, 0.4) is 0 Å². The van der Waals surface area contributed by atoms with Crippen molar-refractivity contribution >= 4 is 17.7 Å². The summed E-state index contributed by atoms with van der Waals surface area (Å²) < 4.78 is 20.8. The van der Waals surface area contributed by atoms with Crippen LogP contribution in [0, 0.1) is 5.82 Å². The Morgan fingerprint density at radius 2 is 2.19 bits per heavy atom. The fraction of sp³-hybridized carbons (Fsp3) is 0.500. The average Bonchev–Trinajstić information content (AvgIpc) is 2.86. The molecule has 2 aromatic rings. The number of aromatic nitrogens is 3. The van der Waals surface area contributed by atoms with Crippen LogP contribution < -0.4 is 4.74 Å². The van der Waals surface area contributed by atoms with Crippen LogP contribution >= 0.6 is 11.8 Å². The Labute approximate surface area is 156 Å². The van der Waals surface area contributed by atoms with E-state index in [2.05, 4.69) is 14.8 Å². The van der Waals surface area contributed by atoms with Crippen LogP contribution in [0.4, 0.5) is 4.39 Å². The van der Waals surface area contributed by atoms with E-state index < -0.39 is 5.82 Å². The monoisotopic (exact) mass is 378 g/mol. The highest BCUT2D eigenvalue weighted by Crippen LogP contribution is 2.22. The van der Waals surface area contributed by atoms with E-state index in [1.807, 2.05) is 0 Å². The summed E-state index contributed by atoms with van der Waals surface area (Å²) >= 11 is 1.41. The van der Waals surface area contributed by atoms with E-state index in [1.54, 1.807) is 24.1 Å². The Morgan fingerprint density at radius 1 is 1.35 bits per heavy atom. The third-order valence-corrected chi connectivity index (χ3v) is 5.41. The number of benzene rings is 1. The maximum absolute atomic E-state index is 13.8. The highest BCUT2D eigenvalue weighted by molar-refractivity contribution is 7.99. The quantitative estimate of drug-likeness (QED) is 0.724. The van der Waals surface area contributed by atoms with Crippen LogP contribution in [0.5, 0.6) is 5.75 Å². The predicted octanol–water partition coefficient (Wildman–Crippen LogP) is 2.90. The summed E-state index contributed by atoms with van der Waals surface area (Å²) in [6, 6.07) is 4.73. The van der Waals surface area contributed by atoms with E-state index in [-0.39, 0.29) is 17.4 Å². The van der Waals surface area contributed by atoms with Gasteiger partial charge in [-0.2, -0.15) is 0 Å². The molecule has 0 unspecified atom stereocenters. The second-order valence-corrected chi connectivity index (χ2v) is 7.31. The van der Waals surface area contributed by atoms with Crippen LogP contribution in [0.15, 0.2) is 23.4 Å². The summed E-state index contributed by atoms with van der Waals surface area (Å²) in [7, 11) is 3.14. The molecule has 1 aromatic carbocycles. The molecule has 0 aliphatic carbocycles. The molecular weight excluding hydrogens is 355 g/mol. The molecule has 1 aliphatic heterocycles. The molecule has 2 heterocycles. The van der Waals surface area contributed by atoms with Crippen molar-refractivity contribution in [3.05, 3.63) is 35.4 Å². The van der Waals surface area contributed by atoms with Crippen molar-refractivity contribution in [2.75, 3.05) is 19.9 Å². The molecule has 0 spiro atoms. The molecule has 26 heavy (non-hydrogen) atoms. The number of thioether (sulfide) groups is 1. The molecule has 0 atom stereocenters. The standard InChI is InChI=1S/C18H23FN4O2S/c1-22(11-13-7-8-15(25-2)14(19)10-13)17(24)12-26-18-21-20-16-6-4-3-5-9-23(16)18/h7-8,10H,3-6,9,11-12H2,1-2H3. The van der Waals surface area contributed by atoms with Gasteiger partial charge in [0.15, 0.2) is 16.7 Å². The second-order valence-electron chi connectivity index (χ2n) is 6.37. The maximum Gasteiger partial charge on any atom is 0.233 e. The zero-order valence-corrected chi connectivity index (χ0v) is 15.9. The first-order valence-corrected chi connectivity index (χ1v) is 9.68. The summed E-state index contributed by atoms with van der Waals surface area (Å²) in [6.45, 7) is 1.26. The number of carbonyl (C=O) groups is 1. The lowest BCUT2D eigenvalue weighted by atomic mass is 10.2. The van der Waals surface area contributed by atoms with E-state index in [4.69, 9.17) is 4.74 Å². The lowest BCUT2D eigenvalue weighted by molar-refractivity contribution is -0.127. The Bertz CT molecular complexity index is 781. The van der Waals surface area contributed by atoms with Crippen molar-refractivity contribution in [1.29, 1.82) is 0 Å². The zero-order valence-electron chi connectivity index (χ0n) is 15.1. The number of carbonyl (C=O) groups excluding carboxylic acids is 1. The number of rotatable bonds is 6. The number of hydrogen-bond acceptors (Lipinski definition) is 5. The first-order valence-electron chi connectivity index (χ1n) is 8.69. The number of amides is 1. The Morgan fingerprint density at radius 3 is 2.96 bits per heavy atom. The Balaban J connectivity index is 1.56. The summed E-state index contributed by atoms with van der Waals surface area (Å²) in [5.41, 5.74) is 0.723. The fourth-order valence-electron chi connectivity index (χ4n) is 2.97. The van der Waals surface area contributed by atoms with Gasteiger partial charge in [0.1, 0.15) is 5.82 Å². The molecule has 0 saturated heterocycles. The molecule has 6 nitrogen and oxygen atoms in total. The van der Waals surface area contributed by atoms with Gasteiger partial charge in [-0.1, -0.05) is 24.2 Å². The molecule has 0 radical (unpaired) electrons. The van der Waals surface area contributed by atoms with Crippen LogP contribution in [-0.4, -0.2) is 45.5 Å². The maximum atomic E-state index is 13.8.